The fraction of sp³-hybridized carbons (Fsp3) is 0.538. The SMILES string of the molecule is CC[C@@H](N)c1ccc(F)c(OCC2CC2)c1. The van der Waals surface area contributed by atoms with Crippen LogP contribution in [0.5, 0.6) is 5.75 Å². The molecule has 0 radical (unpaired) electrons. The topological polar surface area (TPSA) is 35.2 Å². The number of nitrogens with two attached hydrogens (primary N) is 1. The molecule has 0 saturated heterocycles. The summed E-state index contributed by atoms with van der Waals surface area (Å²) in [6, 6.07) is 4.86. The zero-order valence-electron chi connectivity index (χ0n) is 9.58. The van der Waals surface area contributed by atoms with Crippen LogP contribution in [0.2, 0.25) is 0 Å². The average molecular weight is 223 g/mol. The van der Waals surface area contributed by atoms with E-state index in [-0.39, 0.29) is 11.9 Å². The first-order chi connectivity index (χ1) is 7.70. The lowest BCUT2D eigenvalue weighted by Gasteiger charge is -2.12. The fourth-order valence-electron chi connectivity index (χ4n) is 1.59. The summed E-state index contributed by atoms with van der Waals surface area (Å²) in [7, 11) is 0. The van der Waals surface area contributed by atoms with Gasteiger partial charge in [-0.3, -0.25) is 0 Å². The van der Waals surface area contributed by atoms with Crippen LogP contribution >= 0.6 is 0 Å². The summed E-state index contributed by atoms with van der Waals surface area (Å²) >= 11 is 0. The minimum Gasteiger partial charge on any atom is -0.490 e. The molecule has 0 aliphatic heterocycles. The normalized spacial score (nSPS) is 17.2. The van der Waals surface area contributed by atoms with Crippen molar-refractivity contribution in [3.05, 3.63) is 29.6 Å². The third kappa shape index (κ3) is 2.73. The number of benzene rings is 1. The van der Waals surface area contributed by atoms with E-state index in [4.69, 9.17) is 10.5 Å². The number of hydrogen-bond acceptors (Lipinski definition) is 2. The first-order valence-corrected chi connectivity index (χ1v) is 5.88. The summed E-state index contributed by atoms with van der Waals surface area (Å²) in [6.07, 6.45) is 3.25. The molecule has 2 N–H and O–H groups in total. The van der Waals surface area contributed by atoms with E-state index >= 15 is 0 Å². The van der Waals surface area contributed by atoms with Gasteiger partial charge in [0.25, 0.3) is 0 Å². The van der Waals surface area contributed by atoms with E-state index in [1.807, 2.05) is 6.92 Å². The highest BCUT2D eigenvalue weighted by Crippen LogP contribution is 2.31. The van der Waals surface area contributed by atoms with Gasteiger partial charge in [0, 0.05) is 6.04 Å². The van der Waals surface area contributed by atoms with Crippen molar-refractivity contribution in [3.63, 3.8) is 0 Å². The molecule has 1 aliphatic rings. The van der Waals surface area contributed by atoms with Crippen LogP contribution in [0.3, 0.4) is 0 Å². The van der Waals surface area contributed by atoms with Gasteiger partial charge in [-0.05, 0) is 42.9 Å². The predicted octanol–water partition coefficient (Wildman–Crippen LogP) is 3.02. The van der Waals surface area contributed by atoms with Crippen LogP contribution in [0.15, 0.2) is 18.2 Å². The van der Waals surface area contributed by atoms with Crippen molar-refractivity contribution in [2.45, 2.75) is 32.2 Å². The summed E-state index contributed by atoms with van der Waals surface area (Å²) in [5.74, 6) is 0.670. The van der Waals surface area contributed by atoms with E-state index in [0.717, 1.165) is 12.0 Å². The maximum Gasteiger partial charge on any atom is 0.165 e. The van der Waals surface area contributed by atoms with E-state index in [1.165, 1.54) is 18.9 Å². The first kappa shape index (κ1) is 11.4. The molecule has 0 bridgehead atoms. The van der Waals surface area contributed by atoms with Crippen LogP contribution in [-0.4, -0.2) is 6.61 Å². The molecule has 0 unspecified atom stereocenters. The quantitative estimate of drug-likeness (QED) is 0.832. The van der Waals surface area contributed by atoms with Crippen molar-refractivity contribution in [2.75, 3.05) is 6.61 Å². The monoisotopic (exact) mass is 223 g/mol. The van der Waals surface area contributed by atoms with E-state index in [2.05, 4.69) is 0 Å². The summed E-state index contributed by atoms with van der Waals surface area (Å²) < 4.78 is 18.9. The second-order valence-electron chi connectivity index (χ2n) is 4.46. The summed E-state index contributed by atoms with van der Waals surface area (Å²) in [5.41, 5.74) is 6.84. The fourth-order valence-corrected chi connectivity index (χ4v) is 1.59. The van der Waals surface area contributed by atoms with Crippen molar-refractivity contribution in [2.24, 2.45) is 11.7 Å². The maximum absolute atomic E-state index is 13.4. The van der Waals surface area contributed by atoms with Gasteiger partial charge in [0.05, 0.1) is 6.61 Å². The third-order valence-corrected chi connectivity index (χ3v) is 2.99. The highest BCUT2D eigenvalue weighted by atomic mass is 19.1. The van der Waals surface area contributed by atoms with Gasteiger partial charge in [-0.15, -0.1) is 0 Å². The first-order valence-electron chi connectivity index (χ1n) is 5.88. The molecule has 1 aromatic carbocycles. The molecule has 1 saturated carbocycles. The molecular weight excluding hydrogens is 205 g/mol. The predicted molar refractivity (Wildman–Crippen MR) is 61.8 cm³/mol. The second kappa shape index (κ2) is 4.83. The second-order valence-corrected chi connectivity index (χ2v) is 4.46. The van der Waals surface area contributed by atoms with Crippen LogP contribution in [0.1, 0.15) is 37.8 Å². The van der Waals surface area contributed by atoms with E-state index < -0.39 is 0 Å². The molecule has 2 rings (SSSR count). The largest absolute Gasteiger partial charge is 0.490 e. The number of ether oxygens (including phenoxy) is 1. The van der Waals surface area contributed by atoms with Gasteiger partial charge in [-0.2, -0.15) is 0 Å². The number of halogens is 1. The minimum absolute atomic E-state index is 0.0381. The Bertz CT molecular complexity index is 363. The number of rotatable bonds is 5. The van der Waals surface area contributed by atoms with Gasteiger partial charge in [-0.1, -0.05) is 13.0 Å². The molecule has 1 aromatic rings. The van der Waals surface area contributed by atoms with E-state index in [0.29, 0.717) is 18.3 Å². The highest BCUT2D eigenvalue weighted by molar-refractivity contribution is 5.32. The summed E-state index contributed by atoms with van der Waals surface area (Å²) in [5, 5.41) is 0. The van der Waals surface area contributed by atoms with Crippen molar-refractivity contribution in [1.82, 2.24) is 0 Å². The smallest absolute Gasteiger partial charge is 0.165 e. The third-order valence-electron chi connectivity index (χ3n) is 2.99. The zero-order chi connectivity index (χ0) is 11.5. The van der Waals surface area contributed by atoms with Gasteiger partial charge in [0.15, 0.2) is 11.6 Å². The van der Waals surface area contributed by atoms with Crippen molar-refractivity contribution in [3.8, 4) is 5.75 Å². The zero-order valence-corrected chi connectivity index (χ0v) is 9.58. The Hall–Kier alpha value is -1.09. The van der Waals surface area contributed by atoms with Gasteiger partial charge in [0.2, 0.25) is 0 Å². The summed E-state index contributed by atoms with van der Waals surface area (Å²) in [6.45, 7) is 2.64. The van der Waals surface area contributed by atoms with Gasteiger partial charge >= 0.3 is 0 Å². The van der Waals surface area contributed by atoms with Crippen LogP contribution in [0.4, 0.5) is 4.39 Å². The average Bonchev–Trinajstić information content (AvgIpc) is 3.11. The molecule has 2 nitrogen and oxygen atoms in total. The molecule has 0 spiro atoms. The lowest BCUT2D eigenvalue weighted by molar-refractivity contribution is 0.285. The van der Waals surface area contributed by atoms with Crippen molar-refractivity contribution in [1.29, 1.82) is 0 Å². The molecule has 3 heteroatoms. The Kier molecular flexibility index (Phi) is 3.44. The van der Waals surface area contributed by atoms with Crippen molar-refractivity contribution >= 4 is 0 Å². The molecule has 0 amide bonds. The standard InChI is InChI=1S/C13H18FNO/c1-2-12(15)10-5-6-11(14)13(7-10)16-8-9-3-4-9/h5-7,9,12H,2-4,8,15H2,1H3/t12-/m1/s1. The van der Waals surface area contributed by atoms with E-state index in [9.17, 15) is 4.39 Å². The van der Waals surface area contributed by atoms with Gasteiger partial charge in [-0.25, -0.2) is 4.39 Å². The van der Waals surface area contributed by atoms with Gasteiger partial charge in [0.1, 0.15) is 0 Å². The Morgan fingerprint density at radius 1 is 1.50 bits per heavy atom. The molecule has 0 aromatic heterocycles. The number of hydrogen-bond donors (Lipinski definition) is 1. The highest BCUT2D eigenvalue weighted by Gasteiger charge is 2.22. The van der Waals surface area contributed by atoms with Crippen LogP contribution < -0.4 is 10.5 Å². The molecule has 0 heterocycles. The van der Waals surface area contributed by atoms with Crippen molar-refractivity contribution < 1.29 is 9.13 Å². The Morgan fingerprint density at radius 3 is 2.88 bits per heavy atom. The lowest BCUT2D eigenvalue weighted by Crippen LogP contribution is -2.09. The van der Waals surface area contributed by atoms with Gasteiger partial charge < -0.3 is 10.5 Å². The molecule has 88 valence electrons. The van der Waals surface area contributed by atoms with Crippen LogP contribution in [-0.2, 0) is 0 Å². The summed E-state index contributed by atoms with van der Waals surface area (Å²) in [4.78, 5) is 0. The molecule has 16 heavy (non-hydrogen) atoms. The molecule has 1 atom stereocenters. The molecule has 1 aliphatic carbocycles. The lowest BCUT2D eigenvalue weighted by atomic mass is 10.1. The Morgan fingerprint density at radius 2 is 2.25 bits per heavy atom. The van der Waals surface area contributed by atoms with Crippen LogP contribution in [0, 0.1) is 11.7 Å². The minimum atomic E-state index is -0.298. The van der Waals surface area contributed by atoms with Crippen LogP contribution in [0.25, 0.3) is 0 Å². The maximum atomic E-state index is 13.4. The van der Waals surface area contributed by atoms with E-state index in [1.54, 1.807) is 12.1 Å². The molecule has 1 fully saturated rings. The Labute approximate surface area is 95.6 Å². The Balaban J connectivity index is 2.07. The molecular formula is C13H18FNO.